The van der Waals surface area contributed by atoms with Crippen molar-refractivity contribution in [3.63, 3.8) is 0 Å². The van der Waals surface area contributed by atoms with Crippen LogP contribution in [0.2, 0.25) is 0 Å². The number of aryl methyl sites for hydroxylation is 1. The number of fused-ring (bicyclic) bond motifs is 1. The largest absolute Gasteiger partial charge is 0.467 e. The zero-order chi connectivity index (χ0) is 12.4. The second-order valence-electron chi connectivity index (χ2n) is 4.28. The van der Waals surface area contributed by atoms with E-state index in [-0.39, 0.29) is 0 Å². The Kier molecular flexibility index (Phi) is 2.73. The SMILES string of the molecule is Cc1cc2ccccc2nc1NCc1ccco1. The van der Waals surface area contributed by atoms with Gasteiger partial charge in [-0.05, 0) is 36.8 Å². The lowest BCUT2D eigenvalue weighted by atomic mass is 10.1. The van der Waals surface area contributed by atoms with Crippen LogP contribution in [-0.4, -0.2) is 4.98 Å². The molecule has 1 N–H and O–H groups in total. The van der Waals surface area contributed by atoms with Gasteiger partial charge in [-0.3, -0.25) is 0 Å². The summed E-state index contributed by atoms with van der Waals surface area (Å²) in [7, 11) is 0. The van der Waals surface area contributed by atoms with Gasteiger partial charge in [-0.15, -0.1) is 0 Å². The molecule has 0 aliphatic rings. The Balaban J connectivity index is 1.89. The number of hydrogen-bond donors (Lipinski definition) is 1. The van der Waals surface area contributed by atoms with Gasteiger partial charge >= 0.3 is 0 Å². The first kappa shape index (κ1) is 10.8. The van der Waals surface area contributed by atoms with Crippen molar-refractivity contribution in [3.05, 3.63) is 60.1 Å². The molecule has 0 fully saturated rings. The van der Waals surface area contributed by atoms with E-state index in [1.54, 1.807) is 6.26 Å². The van der Waals surface area contributed by atoms with E-state index >= 15 is 0 Å². The van der Waals surface area contributed by atoms with Crippen LogP contribution in [0.4, 0.5) is 5.82 Å². The predicted molar refractivity (Wildman–Crippen MR) is 72.5 cm³/mol. The molecule has 3 rings (SSSR count). The maximum Gasteiger partial charge on any atom is 0.129 e. The van der Waals surface area contributed by atoms with Crippen molar-refractivity contribution in [1.29, 1.82) is 0 Å². The van der Waals surface area contributed by atoms with Gasteiger partial charge in [0.05, 0.1) is 18.3 Å². The first-order valence-electron chi connectivity index (χ1n) is 5.95. The van der Waals surface area contributed by atoms with Gasteiger partial charge in [0.25, 0.3) is 0 Å². The molecule has 0 saturated carbocycles. The fourth-order valence-corrected chi connectivity index (χ4v) is 1.98. The molecule has 0 amide bonds. The van der Waals surface area contributed by atoms with E-state index in [0.29, 0.717) is 6.54 Å². The fraction of sp³-hybridized carbons (Fsp3) is 0.133. The van der Waals surface area contributed by atoms with Gasteiger partial charge in [0.15, 0.2) is 0 Å². The minimum atomic E-state index is 0.652. The quantitative estimate of drug-likeness (QED) is 0.755. The molecule has 1 aromatic carbocycles. The highest BCUT2D eigenvalue weighted by molar-refractivity contribution is 5.81. The van der Waals surface area contributed by atoms with E-state index in [9.17, 15) is 0 Å². The molecular formula is C15H14N2O. The monoisotopic (exact) mass is 238 g/mol. The van der Waals surface area contributed by atoms with E-state index in [2.05, 4.69) is 29.4 Å². The lowest BCUT2D eigenvalue weighted by molar-refractivity contribution is 0.518. The topological polar surface area (TPSA) is 38.1 Å². The number of pyridine rings is 1. The molecule has 3 aromatic rings. The highest BCUT2D eigenvalue weighted by Crippen LogP contribution is 2.20. The third-order valence-corrected chi connectivity index (χ3v) is 2.92. The Hall–Kier alpha value is -2.29. The third kappa shape index (κ3) is 2.07. The summed E-state index contributed by atoms with van der Waals surface area (Å²) in [6, 6.07) is 14.1. The van der Waals surface area contributed by atoms with Crippen LogP contribution in [-0.2, 0) is 6.54 Å². The fourth-order valence-electron chi connectivity index (χ4n) is 1.98. The average Bonchev–Trinajstić information content (AvgIpc) is 2.89. The molecule has 18 heavy (non-hydrogen) atoms. The van der Waals surface area contributed by atoms with E-state index in [1.165, 1.54) is 5.39 Å². The molecule has 0 radical (unpaired) electrons. The highest BCUT2D eigenvalue weighted by Gasteiger charge is 2.03. The predicted octanol–water partition coefficient (Wildman–Crippen LogP) is 3.75. The second kappa shape index (κ2) is 4.53. The smallest absolute Gasteiger partial charge is 0.129 e. The molecule has 0 aliphatic heterocycles. The molecule has 0 atom stereocenters. The molecule has 0 spiro atoms. The van der Waals surface area contributed by atoms with Crippen molar-refractivity contribution in [2.75, 3.05) is 5.32 Å². The van der Waals surface area contributed by atoms with Gasteiger partial charge in [-0.1, -0.05) is 18.2 Å². The van der Waals surface area contributed by atoms with Crippen LogP contribution >= 0.6 is 0 Å². The van der Waals surface area contributed by atoms with Crippen LogP contribution in [0.25, 0.3) is 10.9 Å². The summed E-state index contributed by atoms with van der Waals surface area (Å²) >= 11 is 0. The number of nitrogens with zero attached hydrogens (tertiary/aromatic N) is 1. The summed E-state index contributed by atoms with van der Waals surface area (Å²) in [6.07, 6.45) is 1.68. The van der Waals surface area contributed by atoms with Crippen molar-refractivity contribution in [1.82, 2.24) is 4.98 Å². The number of nitrogens with one attached hydrogen (secondary N) is 1. The molecule has 0 unspecified atom stereocenters. The average molecular weight is 238 g/mol. The first-order valence-corrected chi connectivity index (χ1v) is 5.95. The molecule has 3 nitrogen and oxygen atoms in total. The third-order valence-electron chi connectivity index (χ3n) is 2.92. The number of benzene rings is 1. The minimum Gasteiger partial charge on any atom is -0.467 e. The Bertz CT molecular complexity index is 659. The molecule has 2 heterocycles. The van der Waals surface area contributed by atoms with Crippen LogP contribution in [0.3, 0.4) is 0 Å². The van der Waals surface area contributed by atoms with Crippen LogP contribution in [0.15, 0.2) is 53.1 Å². The summed E-state index contributed by atoms with van der Waals surface area (Å²) in [5, 5.41) is 4.47. The minimum absolute atomic E-state index is 0.652. The van der Waals surface area contributed by atoms with E-state index in [0.717, 1.165) is 22.7 Å². The molecule has 2 aromatic heterocycles. The lowest BCUT2D eigenvalue weighted by Gasteiger charge is -2.08. The molecule has 90 valence electrons. The van der Waals surface area contributed by atoms with Crippen molar-refractivity contribution in [2.24, 2.45) is 0 Å². The first-order chi connectivity index (χ1) is 8.83. The molecule has 0 saturated heterocycles. The Morgan fingerprint density at radius 2 is 2.06 bits per heavy atom. The van der Waals surface area contributed by atoms with Crippen LogP contribution in [0.1, 0.15) is 11.3 Å². The van der Waals surface area contributed by atoms with Gasteiger partial charge in [-0.2, -0.15) is 0 Å². The highest BCUT2D eigenvalue weighted by atomic mass is 16.3. The Morgan fingerprint density at radius 1 is 1.17 bits per heavy atom. The Morgan fingerprint density at radius 3 is 2.89 bits per heavy atom. The van der Waals surface area contributed by atoms with Crippen LogP contribution < -0.4 is 5.32 Å². The number of anilines is 1. The van der Waals surface area contributed by atoms with Gasteiger partial charge in [0.1, 0.15) is 11.6 Å². The van der Waals surface area contributed by atoms with Crippen molar-refractivity contribution < 1.29 is 4.42 Å². The van der Waals surface area contributed by atoms with Gasteiger partial charge in [0, 0.05) is 5.39 Å². The summed E-state index contributed by atoms with van der Waals surface area (Å²) < 4.78 is 5.29. The molecular weight excluding hydrogens is 224 g/mol. The van der Waals surface area contributed by atoms with Crippen molar-refractivity contribution >= 4 is 16.7 Å². The maximum absolute atomic E-state index is 5.29. The second-order valence-corrected chi connectivity index (χ2v) is 4.28. The van der Waals surface area contributed by atoms with E-state index < -0.39 is 0 Å². The van der Waals surface area contributed by atoms with Crippen LogP contribution in [0, 0.1) is 6.92 Å². The molecule has 0 bridgehead atoms. The van der Waals surface area contributed by atoms with Crippen LogP contribution in [0.5, 0.6) is 0 Å². The van der Waals surface area contributed by atoms with Crippen molar-refractivity contribution in [3.8, 4) is 0 Å². The zero-order valence-corrected chi connectivity index (χ0v) is 10.2. The molecule has 0 aliphatic carbocycles. The number of para-hydroxylation sites is 1. The maximum atomic E-state index is 5.29. The number of rotatable bonds is 3. The van der Waals surface area contributed by atoms with Crippen molar-refractivity contribution in [2.45, 2.75) is 13.5 Å². The number of hydrogen-bond acceptors (Lipinski definition) is 3. The summed E-state index contributed by atoms with van der Waals surface area (Å²) in [4.78, 5) is 4.62. The number of furan rings is 1. The van der Waals surface area contributed by atoms with E-state index in [4.69, 9.17) is 4.42 Å². The molecule has 3 heteroatoms. The number of aromatic nitrogens is 1. The summed E-state index contributed by atoms with van der Waals surface area (Å²) in [5.41, 5.74) is 2.14. The van der Waals surface area contributed by atoms with Gasteiger partial charge in [0.2, 0.25) is 0 Å². The van der Waals surface area contributed by atoms with Gasteiger partial charge in [-0.25, -0.2) is 4.98 Å². The summed E-state index contributed by atoms with van der Waals surface area (Å²) in [5.74, 6) is 1.81. The zero-order valence-electron chi connectivity index (χ0n) is 10.2. The lowest BCUT2D eigenvalue weighted by Crippen LogP contribution is -2.02. The normalized spacial score (nSPS) is 10.7. The van der Waals surface area contributed by atoms with E-state index in [1.807, 2.05) is 30.3 Å². The standard InChI is InChI=1S/C15H14N2O/c1-11-9-12-5-2-3-7-14(12)17-15(11)16-10-13-6-4-8-18-13/h2-9H,10H2,1H3,(H,16,17). The summed E-state index contributed by atoms with van der Waals surface area (Å²) in [6.45, 7) is 2.71. The Labute approximate surface area is 105 Å². The van der Waals surface area contributed by atoms with Gasteiger partial charge < -0.3 is 9.73 Å².